The van der Waals surface area contributed by atoms with E-state index in [2.05, 4.69) is 48.6 Å². The minimum absolute atomic E-state index is 0.471. The van der Waals surface area contributed by atoms with Crippen LogP contribution in [0.1, 0.15) is 11.1 Å². The van der Waals surface area contributed by atoms with Crippen molar-refractivity contribution in [1.29, 1.82) is 0 Å². The highest BCUT2D eigenvalue weighted by Crippen LogP contribution is 2.21. The van der Waals surface area contributed by atoms with Gasteiger partial charge in [0, 0.05) is 21.7 Å². The Labute approximate surface area is 130 Å². The molecule has 0 aliphatic heterocycles. The number of hydrogen-bond donors (Lipinski definition) is 1. The van der Waals surface area contributed by atoms with Crippen LogP contribution in [0.25, 0.3) is 0 Å². The van der Waals surface area contributed by atoms with Crippen molar-refractivity contribution >= 4 is 23.4 Å². The van der Waals surface area contributed by atoms with Crippen LogP contribution in [-0.4, -0.2) is 18.8 Å². The molecule has 0 aliphatic rings. The van der Waals surface area contributed by atoms with Crippen LogP contribution in [0.5, 0.6) is 0 Å². The summed E-state index contributed by atoms with van der Waals surface area (Å²) in [5.41, 5.74) is 2.69. The minimum Gasteiger partial charge on any atom is -0.316 e. The lowest BCUT2D eigenvalue weighted by atomic mass is 10.1. The SMILES string of the molecule is CNC(CSc1ccc(Cl)cc1)Cc1ccc(C)cc1. The molecule has 0 bridgehead atoms. The van der Waals surface area contributed by atoms with Crippen molar-refractivity contribution in [2.75, 3.05) is 12.8 Å². The maximum atomic E-state index is 5.90. The number of halogens is 1. The largest absolute Gasteiger partial charge is 0.316 e. The summed E-state index contributed by atoms with van der Waals surface area (Å²) in [6.07, 6.45) is 1.05. The van der Waals surface area contributed by atoms with Crippen molar-refractivity contribution in [3.63, 3.8) is 0 Å². The topological polar surface area (TPSA) is 12.0 Å². The van der Waals surface area contributed by atoms with Crippen LogP contribution in [-0.2, 0) is 6.42 Å². The standard InChI is InChI=1S/C17H20ClNS/c1-13-3-5-14(6-4-13)11-16(19-2)12-20-17-9-7-15(18)8-10-17/h3-10,16,19H,11-12H2,1-2H3. The molecule has 1 atom stereocenters. The zero-order valence-corrected chi connectivity index (χ0v) is 13.5. The molecule has 2 aromatic carbocycles. The van der Waals surface area contributed by atoms with Gasteiger partial charge in [0.2, 0.25) is 0 Å². The highest BCUT2D eigenvalue weighted by Gasteiger charge is 2.08. The zero-order chi connectivity index (χ0) is 14.4. The predicted octanol–water partition coefficient (Wildman–Crippen LogP) is 4.57. The molecule has 20 heavy (non-hydrogen) atoms. The molecule has 0 aromatic heterocycles. The Morgan fingerprint density at radius 2 is 1.70 bits per heavy atom. The normalized spacial score (nSPS) is 12.3. The van der Waals surface area contributed by atoms with Gasteiger partial charge in [0.15, 0.2) is 0 Å². The summed E-state index contributed by atoms with van der Waals surface area (Å²) >= 11 is 7.76. The summed E-state index contributed by atoms with van der Waals surface area (Å²) in [6.45, 7) is 2.12. The van der Waals surface area contributed by atoms with Crippen LogP contribution in [0, 0.1) is 6.92 Å². The predicted molar refractivity (Wildman–Crippen MR) is 89.9 cm³/mol. The number of nitrogens with one attached hydrogen (secondary N) is 1. The highest BCUT2D eigenvalue weighted by atomic mass is 35.5. The van der Waals surface area contributed by atoms with E-state index in [0.29, 0.717) is 6.04 Å². The molecule has 106 valence electrons. The van der Waals surface area contributed by atoms with Crippen molar-refractivity contribution in [1.82, 2.24) is 5.32 Å². The average molecular weight is 306 g/mol. The molecular formula is C17H20ClNS. The number of hydrogen-bond acceptors (Lipinski definition) is 2. The molecule has 3 heteroatoms. The van der Waals surface area contributed by atoms with Crippen LogP contribution < -0.4 is 5.32 Å². The number of likely N-dealkylation sites (N-methyl/N-ethyl adjacent to an activating group) is 1. The lowest BCUT2D eigenvalue weighted by molar-refractivity contribution is 0.617. The summed E-state index contributed by atoms with van der Waals surface area (Å²) in [5.74, 6) is 1.05. The first-order valence-corrected chi connectivity index (χ1v) is 8.15. The maximum absolute atomic E-state index is 5.90. The second-order valence-electron chi connectivity index (χ2n) is 4.94. The van der Waals surface area contributed by atoms with Gasteiger partial charge in [-0.1, -0.05) is 41.4 Å². The molecule has 0 spiro atoms. The summed E-state index contributed by atoms with van der Waals surface area (Å²) in [6, 6.07) is 17.3. The van der Waals surface area contributed by atoms with E-state index in [1.807, 2.05) is 30.9 Å². The van der Waals surface area contributed by atoms with E-state index in [1.165, 1.54) is 16.0 Å². The van der Waals surface area contributed by atoms with Crippen LogP contribution in [0.15, 0.2) is 53.4 Å². The van der Waals surface area contributed by atoms with E-state index in [-0.39, 0.29) is 0 Å². The van der Waals surface area contributed by atoms with Gasteiger partial charge in [-0.25, -0.2) is 0 Å². The van der Waals surface area contributed by atoms with Crippen molar-refractivity contribution in [2.45, 2.75) is 24.3 Å². The monoisotopic (exact) mass is 305 g/mol. The maximum Gasteiger partial charge on any atom is 0.0406 e. The zero-order valence-electron chi connectivity index (χ0n) is 11.9. The second kappa shape index (κ2) is 7.72. The third kappa shape index (κ3) is 4.86. The summed E-state index contributed by atoms with van der Waals surface area (Å²) < 4.78 is 0. The first-order chi connectivity index (χ1) is 9.67. The lowest BCUT2D eigenvalue weighted by Crippen LogP contribution is -2.30. The molecule has 2 rings (SSSR count). The quantitative estimate of drug-likeness (QED) is 0.785. The number of thioether (sulfide) groups is 1. The molecule has 1 unspecified atom stereocenters. The smallest absolute Gasteiger partial charge is 0.0406 e. The molecule has 0 aliphatic carbocycles. The molecule has 0 radical (unpaired) electrons. The van der Waals surface area contributed by atoms with Crippen LogP contribution in [0.3, 0.4) is 0 Å². The lowest BCUT2D eigenvalue weighted by Gasteiger charge is -2.16. The highest BCUT2D eigenvalue weighted by molar-refractivity contribution is 7.99. The van der Waals surface area contributed by atoms with Crippen molar-refractivity contribution in [3.05, 3.63) is 64.7 Å². The Balaban J connectivity index is 1.88. The van der Waals surface area contributed by atoms with E-state index in [1.54, 1.807) is 0 Å². The van der Waals surface area contributed by atoms with Crippen molar-refractivity contribution in [2.24, 2.45) is 0 Å². The van der Waals surface area contributed by atoms with Gasteiger partial charge in [0.05, 0.1) is 0 Å². The van der Waals surface area contributed by atoms with Gasteiger partial charge >= 0.3 is 0 Å². The third-order valence-corrected chi connectivity index (χ3v) is 4.70. The Morgan fingerprint density at radius 3 is 2.30 bits per heavy atom. The molecule has 0 heterocycles. The molecular weight excluding hydrogens is 286 g/mol. The molecule has 2 aromatic rings. The van der Waals surface area contributed by atoms with Crippen molar-refractivity contribution in [3.8, 4) is 0 Å². The Hall–Kier alpha value is -0.960. The molecule has 1 nitrogen and oxygen atoms in total. The van der Waals surface area contributed by atoms with E-state index in [9.17, 15) is 0 Å². The van der Waals surface area contributed by atoms with Gasteiger partial charge in [-0.3, -0.25) is 0 Å². The molecule has 0 amide bonds. The fourth-order valence-corrected chi connectivity index (χ4v) is 3.11. The summed E-state index contributed by atoms with van der Waals surface area (Å²) in [7, 11) is 2.03. The van der Waals surface area contributed by atoms with Gasteiger partial charge in [-0.05, 0) is 50.2 Å². The first kappa shape index (κ1) is 15.4. The van der Waals surface area contributed by atoms with Crippen LogP contribution >= 0.6 is 23.4 Å². The van der Waals surface area contributed by atoms with E-state index in [4.69, 9.17) is 11.6 Å². The summed E-state index contributed by atoms with van der Waals surface area (Å²) in [4.78, 5) is 1.26. The van der Waals surface area contributed by atoms with Crippen LogP contribution in [0.4, 0.5) is 0 Å². The van der Waals surface area contributed by atoms with Gasteiger partial charge in [-0.15, -0.1) is 11.8 Å². The number of benzene rings is 2. The fourth-order valence-electron chi connectivity index (χ4n) is 1.98. The fraction of sp³-hybridized carbons (Fsp3) is 0.294. The van der Waals surface area contributed by atoms with Gasteiger partial charge in [-0.2, -0.15) is 0 Å². The number of aryl methyl sites for hydroxylation is 1. The van der Waals surface area contributed by atoms with Gasteiger partial charge in [0.1, 0.15) is 0 Å². The molecule has 0 fully saturated rings. The van der Waals surface area contributed by atoms with Gasteiger partial charge < -0.3 is 5.32 Å². The van der Waals surface area contributed by atoms with E-state index >= 15 is 0 Å². The first-order valence-electron chi connectivity index (χ1n) is 6.78. The Morgan fingerprint density at radius 1 is 1.05 bits per heavy atom. The third-order valence-electron chi connectivity index (χ3n) is 3.28. The van der Waals surface area contributed by atoms with E-state index in [0.717, 1.165) is 17.2 Å². The molecule has 0 saturated carbocycles. The average Bonchev–Trinajstić information content (AvgIpc) is 2.47. The Bertz CT molecular complexity index is 522. The second-order valence-corrected chi connectivity index (χ2v) is 6.47. The molecule has 1 N–H and O–H groups in total. The van der Waals surface area contributed by atoms with E-state index < -0.39 is 0 Å². The minimum atomic E-state index is 0.471. The van der Waals surface area contributed by atoms with Gasteiger partial charge in [0.25, 0.3) is 0 Å². The molecule has 0 saturated heterocycles. The summed E-state index contributed by atoms with van der Waals surface area (Å²) in [5, 5.41) is 4.19. The Kier molecular flexibility index (Phi) is 5.96. The van der Waals surface area contributed by atoms with Crippen molar-refractivity contribution < 1.29 is 0 Å². The van der Waals surface area contributed by atoms with Crippen LogP contribution in [0.2, 0.25) is 5.02 Å². The number of rotatable bonds is 6.